The summed E-state index contributed by atoms with van der Waals surface area (Å²) in [6.45, 7) is 1.16. The van der Waals surface area contributed by atoms with Crippen molar-refractivity contribution >= 4 is 23.4 Å². The summed E-state index contributed by atoms with van der Waals surface area (Å²) >= 11 is 6.18. The van der Waals surface area contributed by atoms with E-state index in [1.807, 2.05) is 18.2 Å². The third kappa shape index (κ3) is 3.82. The lowest BCUT2D eigenvalue weighted by Gasteiger charge is -2.32. The number of likely N-dealkylation sites (tertiary alicyclic amines) is 1. The number of nitrogens with zero attached hydrogens (tertiary/aromatic N) is 1. The maximum Gasteiger partial charge on any atom is 0.287 e. The predicted molar refractivity (Wildman–Crippen MR) is 104 cm³/mol. The van der Waals surface area contributed by atoms with Crippen molar-refractivity contribution in [1.29, 1.82) is 0 Å². The highest BCUT2D eigenvalue weighted by Gasteiger charge is 2.26. The summed E-state index contributed by atoms with van der Waals surface area (Å²) in [4.78, 5) is 26.6. The van der Waals surface area contributed by atoms with Gasteiger partial charge in [0.15, 0.2) is 5.76 Å². The van der Waals surface area contributed by atoms with Gasteiger partial charge in [-0.3, -0.25) is 9.59 Å². The second kappa shape index (κ2) is 7.94. The molecule has 1 fully saturated rings. The number of halogens is 1. The van der Waals surface area contributed by atoms with E-state index < -0.39 is 0 Å². The van der Waals surface area contributed by atoms with Crippen LogP contribution in [0.1, 0.15) is 33.8 Å². The highest BCUT2D eigenvalue weighted by Crippen LogP contribution is 2.29. The number of benzene rings is 1. The van der Waals surface area contributed by atoms with Crippen molar-refractivity contribution in [2.75, 3.05) is 13.1 Å². The summed E-state index contributed by atoms with van der Waals surface area (Å²) in [5.74, 6) is 0.481. The van der Waals surface area contributed by atoms with Crippen LogP contribution in [0, 0.1) is 0 Å². The van der Waals surface area contributed by atoms with E-state index in [9.17, 15) is 9.59 Å². The Labute approximate surface area is 167 Å². The maximum absolute atomic E-state index is 12.5. The molecule has 3 aromatic rings. The van der Waals surface area contributed by atoms with Crippen LogP contribution in [0.25, 0.3) is 11.3 Å². The van der Waals surface area contributed by atoms with E-state index in [0.717, 1.165) is 5.56 Å². The Morgan fingerprint density at radius 2 is 1.86 bits per heavy atom. The SMILES string of the molecule is O=C(NC1CCN(C(=O)c2ccoc2)CC1)c1ccc(-c2ccccc2Cl)o1. The molecule has 0 spiro atoms. The minimum absolute atomic E-state index is 0.00485. The molecule has 6 nitrogen and oxygen atoms in total. The molecule has 2 amide bonds. The number of rotatable bonds is 4. The van der Waals surface area contributed by atoms with Crippen molar-refractivity contribution in [2.45, 2.75) is 18.9 Å². The average molecular weight is 399 g/mol. The predicted octanol–water partition coefficient (Wildman–Crippen LogP) is 4.23. The van der Waals surface area contributed by atoms with Gasteiger partial charge in [0.2, 0.25) is 0 Å². The molecule has 1 aromatic carbocycles. The molecular formula is C21H19ClN2O4. The lowest BCUT2D eigenvalue weighted by atomic mass is 10.0. The molecule has 2 aromatic heterocycles. The van der Waals surface area contributed by atoms with Crippen LogP contribution in [-0.4, -0.2) is 35.8 Å². The largest absolute Gasteiger partial charge is 0.472 e. The maximum atomic E-state index is 12.5. The van der Waals surface area contributed by atoms with Gasteiger partial charge in [-0.15, -0.1) is 0 Å². The summed E-state index contributed by atoms with van der Waals surface area (Å²) in [6, 6.07) is 12.4. The number of amides is 2. The number of carbonyl (C=O) groups excluding carboxylic acids is 2. The van der Waals surface area contributed by atoms with E-state index in [1.165, 1.54) is 12.5 Å². The number of carbonyl (C=O) groups is 2. The number of piperidine rings is 1. The van der Waals surface area contributed by atoms with Gasteiger partial charge < -0.3 is 19.1 Å². The van der Waals surface area contributed by atoms with Crippen LogP contribution in [-0.2, 0) is 0 Å². The third-order valence-corrected chi connectivity index (χ3v) is 5.18. The molecule has 0 saturated carbocycles. The second-order valence-electron chi connectivity index (χ2n) is 6.70. The summed E-state index contributed by atoms with van der Waals surface area (Å²) in [5.41, 5.74) is 1.29. The van der Waals surface area contributed by atoms with Gasteiger partial charge in [-0.25, -0.2) is 0 Å². The van der Waals surface area contributed by atoms with Gasteiger partial charge in [-0.1, -0.05) is 23.7 Å². The lowest BCUT2D eigenvalue weighted by molar-refractivity contribution is 0.0695. The summed E-state index contributed by atoms with van der Waals surface area (Å²) < 4.78 is 10.7. The van der Waals surface area contributed by atoms with E-state index >= 15 is 0 Å². The molecule has 0 atom stereocenters. The Bertz CT molecular complexity index is 972. The first-order chi connectivity index (χ1) is 13.6. The van der Waals surface area contributed by atoms with Crippen LogP contribution in [0.5, 0.6) is 0 Å². The summed E-state index contributed by atoms with van der Waals surface area (Å²) in [5, 5.41) is 3.55. The molecule has 7 heteroatoms. The molecule has 3 heterocycles. The van der Waals surface area contributed by atoms with Crippen LogP contribution in [0.3, 0.4) is 0 Å². The van der Waals surface area contributed by atoms with Crippen LogP contribution in [0.15, 0.2) is 63.8 Å². The van der Waals surface area contributed by atoms with Crippen molar-refractivity contribution in [2.24, 2.45) is 0 Å². The van der Waals surface area contributed by atoms with E-state index in [-0.39, 0.29) is 23.6 Å². The van der Waals surface area contributed by atoms with Crippen molar-refractivity contribution in [3.8, 4) is 11.3 Å². The van der Waals surface area contributed by atoms with Gasteiger partial charge in [-0.2, -0.15) is 0 Å². The molecule has 0 radical (unpaired) electrons. The monoisotopic (exact) mass is 398 g/mol. The number of hydrogen-bond acceptors (Lipinski definition) is 4. The van der Waals surface area contributed by atoms with Crippen LogP contribution in [0.2, 0.25) is 5.02 Å². The Hall–Kier alpha value is -2.99. The fourth-order valence-corrected chi connectivity index (χ4v) is 3.55. The molecule has 1 aliphatic heterocycles. The van der Waals surface area contributed by atoms with Crippen LogP contribution in [0.4, 0.5) is 0 Å². The molecule has 0 unspecified atom stereocenters. The highest BCUT2D eigenvalue weighted by atomic mass is 35.5. The standard InChI is InChI=1S/C21H19ClN2O4/c22-17-4-2-1-3-16(17)18-5-6-19(28-18)20(25)23-15-7-10-24(11-8-15)21(26)14-9-12-27-13-14/h1-6,9,12-13,15H,7-8,10-11H2,(H,23,25). The van der Waals surface area contributed by atoms with Crippen LogP contribution < -0.4 is 5.32 Å². The minimum Gasteiger partial charge on any atom is -0.472 e. The average Bonchev–Trinajstić information content (AvgIpc) is 3.41. The van der Waals surface area contributed by atoms with E-state index in [4.69, 9.17) is 20.4 Å². The first kappa shape index (κ1) is 18.4. The molecule has 28 heavy (non-hydrogen) atoms. The molecule has 4 rings (SSSR count). The zero-order chi connectivity index (χ0) is 19.5. The summed E-state index contributed by atoms with van der Waals surface area (Å²) in [6.07, 6.45) is 4.31. The molecule has 1 saturated heterocycles. The second-order valence-corrected chi connectivity index (χ2v) is 7.10. The lowest BCUT2D eigenvalue weighted by Crippen LogP contribution is -2.46. The Kier molecular flexibility index (Phi) is 5.21. The fraction of sp³-hybridized carbons (Fsp3) is 0.238. The van der Waals surface area contributed by atoms with Gasteiger partial charge >= 0.3 is 0 Å². The van der Waals surface area contributed by atoms with Gasteiger partial charge in [0.1, 0.15) is 12.0 Å². The minimum atomic E-state index is -0.266. The molecular weight excluding hydrogens is 380 g/mol. The molecule has 0 bridgehead atoms. The van der Waals surface area contributed by atoms with Gasteiger partial charge in [-0.05, 0) is 43.2 Å². The van der Waals surface area contributed by atoms with Crippen molar-refractivity contribution in [3.63, 3.8) is 0 Å². The van der Waals surface area contributed by atoms with E-state index in [1.54, 1.807) is 29.2 Å². The fourth-order valence-electron chi connectivity index (χ4n) is 3.32. The smallest absolute Gasteiger partial charge is 0.287 e. The zero-order valence-corrected chi connectivity index (χ0v) is 15.8. The Balaban J connectivity index is 1.34. The summed E-state index contributed by atoms with van der Waals surface area (Å²) in [7, 11) is 0. The highest BCUT2D eigenvalue weighted by molar-refractivity contribution is 6.33. The topological polar surface area (TPSA) is 75.7 Å². The van der Waals surface area contributed by atoms with Gasteiger partial charge in [0, 0.05) is 24.7 Å². The normalized spacial score (nSPS) is 14.8. The van der Waals surface area contributed by atoms with E-state index in [2.05, 4.69) is 5.32 Å². The number of furan rings is 2. The molecule has 1 aliphatic rings. The Morgan fingerprint density at radius 3 is 2.57 bits per heavy atom. The third-order valence-electron chi connectivity index (χ3n) is 4.85. The quantitative estimate of drug-likeness (QED) is 0.713. The van der Waals surface area contributed by atoms with Gasteiger partial charge in [0.25, 0.3) is 11.8 Å². The number of nitrogens with one attached hydrogen (secondary N) is 1. The number of hydrogen-bond donors (Lipinski definition) is 1. The molecule has 1 N–H and O–H groups in total. The zero-order valence-electron chi connectivity index (χ0n) is 15.1. The van der Waals surface area contributed by atoms with Gasteiger partial charge in [0.05, 0.1) is 16.8 Å². The molecule has 0 aliphatic carbocycles. The van der Waals surface area contributed by atoms with Crippen molar-refractivity contribution < 1.29 is 18.4 Å². The van der Waals surface area contributed by atoms with Crippen molar-refractivity contribution in [3.05, 3.63) is 71.3 Å². The Morgan fingerprint density at radius 1 is 1.07 bits per heavy atom. The van der Waals surface area contributed by atoms with E-state index in [0.29, 0.717) is 42.3 Å². The van der Waals surface area contributed by atoms with Crippen LogP contribution >= 0.6 is 11.6 Å². The van der Waals surface area contributed by atoms with Crippen molar-refractivity contribution in [1.82, 2.24) is 10.2 Å². The first-order valence-corrected chi connectivity index (χ1v) is 9.46. The first-order valence-electron chi connectivity index (χ1n) is 9.09. The molecule has 144 valence electrons.